The number of fused-ring (bicyclic) bond motifs is 7. The van der Waals surface area contributed by atoms with Gasteiger partial charge in [0.1, 0.15) is 6.07 Å². The highest BCUT2D eigenvalue weighted by Gasteiger charge is 2.70. The highest BCUT2D eigenvalue weighted by molar-refractivity contribution is 6.02. The molecule has 0 N–H and O–H groups in total. The van der Waals surface area contributed by atoms with Crippen LogP contribution in [0.4, 0.5) is 0 Å². The lowest BCUT2D eigenvalue weighted by Crippen LogP contribution is -2.65. The number of ketones is 2. The molecule has 0 aromatic heterocycles. The number of nitriles is 1. The first-order valence-electron chi connectivity index (χ1n) is 13.7. The predicted octanol–water partition coefficient (Wildman–Crippen LogP) is 5.99. The summed E-state index contributed by atoms with van der Waals surface area (Å²) in [5.74, 6) is -0.522. The lowest BCUT2D eigenvalue weighted by molar-refractivity contribution is -0.190. The van der Waals surface area contributed by atoms with Crippen LogP contribution in [0.5, 0.6) is 0 Å². The summed E-state index contributed by atoms with van der Waals surface area (Å²) in [6, 6.07) is 2.15. The van der Waals surface area contributed by atoms with Crippen LogP contribution in [0.15, 0.2) is 23.3 Å². The lowest BCUT2D eigenvalue weighted by Gasteiger charge is -2.68. The van der Waals surface area contributed by atoms with Crippen molar-refractivity contribution < 1.29 is 19.1 Å². The Hall–Kier alpha value is -2.22. The van der Waals surface area contributed by atoms with E-state index in [0.29, 0.717) is 0 Å². The number of allylic oxidation sites excluding steroid dienone is 4. The van der Waals surface area contributed by atoms with E-state index in [9.17, 15) is 19.6 Å². The minimum Gasteiger partial charge on any atom is -0.469 e. The number of carbonyl (C=O) groups is 3. The van der Waals surface area contributed by atoms with Crippen molar-refractivity contribution in [3.8, 4) is 6.07 Å². The summed E-state index contributed by atoms with van der Waals surface area (Å²) in [6.07, 6.45) is 9.70. The number of nitrogens with zero attached hydrogens (tertiary/aromatic N) is 1. The average molecular weight is 492 g/mol. The number of esters is 1. The van der Waals surface area contributed by atoms with Crippen molar-refractivity contribution in [1.82, 2.24) is 0 Å². The Balaban J connectivity index is 1.69. The first-order chi connectivity index (χ1) is 16.7. The van der Waals surface area contributed by atoms with Crippen LogP contribution in [-0.2, 0) is 19.1 Å². The fraction of sp³-hybridized carbons (Fsp3) is 0.742. The number of hydrogen-bond donors (Lipinski definition) is 0. The third-order valence-electron chi connectivity index (χ3n) is 12.1. The van der Waals surface area contributed by atoms with Crippen LogP contribution < -0.4 is 0 Å². The van der Waals surface area contributed by atoms with Crippen molar-refractivity contribution in [2.24, 2.45) is 50.7 Å². The van der Waals surface area contributed by atoms with E-state index in [4.69, 9.17) is 4.74 Å². The molecule has 3 saturated carbocycles. The Labute approximate surface area is 215 Å². The van der Waals surface area contributed by atoms with E-state index >= 15 is 0 Å². The molecule has 5 aliphatic carbocycles. The molecular weight excluding hydrogens is 450 g/mol. The topological polar surface area (TPSA) is 84.2 Å². The van der Waals surface area contributed by atoms with Gasteiger partial charge in [-0.3, -0.25) is 14.4 Å². The van der Waals surface area contributed by atoms with Crippen molar-refractivity contribution in [1.29, 1.82) is 5.26 Å². The molecule has 0 aromatic carbocycles. The molecule has 0 aromatic rings. The first kappa shape index (κ1) is 25.4. The van der Waals surface area contributed by atoms with Gasteiger partial charge in [0.2, 0.25) is 0 Å². The van der Waals surface area contributed by atoms with E-state index < -0.39 is 10.8 Å². The molecule has 0 saturated heterocycles. The molecular formula is C31H41NO4. The summed E-state index contributed by atoms with van der Waals surface area (Å²) in [5.41, 5.74) is -0.249. The maximum absolute atomic E-state index is 14.3. The number of methoxy groups -OCH3 is 1. The Morgan fingerprint density at radius 3 is 2.33 bits per heavy atom. The number of Topliss-reactive ketones (excluding diaryl/α,β-unsaturated/α-hetero) is 1. The Morgan fingerprint density at radius 1 is 1.03 bits per heavy atom. The minimum absolute atomic E-state index is 0.0443. The molecule has 5 heteroatoms. The Kier molecular flexibility index (Phi) is 5.40. The average Bonchev–Trinajstić information content (AvgIpc) is 2.82. The van der Waals surface area contributed by atoms with Gasteiger partial charge < -0.3 is 4.74 Å². The third-order valence-corrected chi connectivity index (χ3v) is 12.1. The Morgan fingerprint density at radius 2 is 1.69 bits per heavy atom. The standard InChI is InChI=1S/C31H41NO4/c1-18-20-8-9-29(5)23(28(20,4)15-19(17-32)25(18)34)14-22(33)24-21-16-27(2,3)10-12-31(21,26(35)36-7)13-11-30(24,29)6/h14-15,18,20-21,24H,8-13,16H2,1-7H3. The van der Waals surface area contributed by atoms with Crippen LogP contribution in [0.1, 0.15) is 86.5 Å². The van der Waals surface area contributed by atoms with E-state index in [1.807, 2.05) is 19.1 Å². The van der Waals surface area contributed by atoms with Gasteiger partial charge in [-0.25, -0.2) is 0 Å². The lowest BCUT2D eigenvalue weighted by atomic mass is 9.35. The molecule has 0 amide bonds. The Bertz CT molecular complexity index is 1160. The van der Waals surface area contributed by atoms with E-state index in [1.165, 1.54) is 7.11 Å². The fourth-order valence-corrected chi connectivity index (χ4v) is 9.81. The number of carbonyl (C=O) groups excluding carboxylic acids is 3. The fourth-order valence-electron chi connectivity index (χ4n) is 9.81. The maximum atomic E-state index is 14.3. The summed E-state index contributed by atoms with van der Waals surface area (Å²) in [6.45, 7) is 13.2. The van der Waals surface area contributed by atoms with Gasteiger partial charge in [-0.1, -0.05) is 53.2 Å². The zero-order valence-corrected chi connectivity index (χ0v) is 23.0. The van der Waals surface area contributed by atoms with E-state index in [-0.39, 0.29) is 63.0 Å². The van der Waals surface area contributed by atoms with Crippen LogP contribution >= 0.6 is 0 Å². The zero-order chi connectivity index (χ0) is 26.5. The molecule has 8 unspecified atom stereocenters. The normalized spacial score (nSPS) is 47.2. The molecule has 0 spiro atoms. The maximum Gasteiger partial charge on any atom is 0.312 e. The number of ether oxygens (including phenoxy) is 1. The highest BCUT2D eigenvalue weighted by Crippen LogP contribution is 2.73. The van der Waals surface area contributed by atoms with Crippen molar-refractivity contribution >= 4 is 17.5 Å². The minimum atomic E-state index is -0.591. The molecule has 5 rings (SSSR count). The summed E-state index contributed by atoms with van der Waals surface area (Å²) < 4.78 is 5.39. The van der Waals surface area contributed by atoms with Crippen molar-refractivity contribution in [2.75, 3.05) is 7.11 Å². The smallest absolute Gasteiger partial charge is 0.312 e. The molecule has 0 radical (unpaired) electrons. The number of rotatable bonds is 1. The summed E-state index contributed by atoms with van der Waals surface area (Å²) in [7, 11) is 1.48. The first-order valence-corrected chi connectivity index (χ1v) is 13.7. The molecule has 5 aliphatic rings. The van der Waals surface area contributed by atoms with Gasteiger partial charge in [0.25, 0.3) is 0 Å². The molecule has 3 fully saturated rings. The second-order valence-corrected chi connectivity index (χ2v) is 14.1. The van der Waals surface area contributed by atoms with Crippen LogP contribution in [0, 0.1) is 62.1 Å². The zero-order valence-electron chi connectivity index (χ0n) is 23.0. The van der Waals surface area contributed by atoms with Gasteiger partial charge in [0, 0.05) is 17.3 Å². The van der Waals surface area contributed by atoms with Crippen LogP contribution in [0.2, 0.25) is 0 Å². The molecule has 0 aliphatic heterocycles. The monoisotopic (exact) mass is 491 g/mol. The summed E-state index contributed by atoms with van der Waals surface area (Å²) in [4.78, 5) is 40.5. The summed E-state index contributed by atoms with van der Waals surface area (Å²) >= 11 is 0. The SMILES string of the molecule is COC(=O)C12CCC(C)(C)CC1C1C(=O)C=C3C4(C)C=C(C#N)C(=O)C(C)C4CCC3(C)C1(C)CC2. The van der Waals surface area contributed by atoms with E-state index in [1.54, 1.807) is 0 Å². The van der Waals surface area contributed by atoms with Crippen LogP contribution in [0.3, 0.4) is 0 Å². The van der Waals surface area contributed by atoms with Gasteiger partial charge in [0.05, 0.1) is 18.1 Å². The second-order valence-electron chi connectivity index (χ2n) is 14.1. The third kappa shape index (κ3) is 2.96. The van der Waals surface area contributed by atoms with Gasteiger partial charge in [0.15, 0.2) is 11.6 Å². The van der Waals surface area contributed by atoms with Crippen molar-refractivity contribution in [3.05, 3.63) is 23.3 Å². The van der Waals surface area contributed by atoms with E-state index in [0.717, 1.165) is 50.5 Å². The molecule has 0 heterocycles. The molecule has 36 heavy (non-hydrogen) atoms. The van der Waals surface area contributed by atoms with Crippen molar-refractivity contribution in [3.63, 3.8) is 0 Å². The van der Waals surface area contributed by atoms with Crippen LogP contribution in [0.25, 0.3) is 0 Å². The van der Waals surface area contributed by atoms with Gasteiger partial charge in [-0.2, -0.15) is 5.26 Å². The van der Waals surface area contributed by atoms with Crippen LogP contribution in [-0.4, -0.2) is 24.6 Å². The van der Waals surface area contributed by atoms with Crippen molar-refractivity contribution in [2.45, 2.75) is 86.5 Å². The number of hydrogen-bond acceptors (Lipinski definition) is 5. The summed E-state index contributed by atoms with van der Waals surface area (Å²) in [5, 5.41) is 9.75. The van der Waals surface area contributed by atoms with Gasteiger partial charge >= 0.3 is 5.97 Å². The molecule has 194 valence electrons. The second kappa shape index (κ2) is 7.65. The van der Waals surface area contributed by atoms with E-state index in [2.05, 4.69) is 40.7 Å². The van der Waals surface area contributed by atoms with Gasteiger partial charge in [-0.05, 0) is 79.1 Å². The molecule has 5 nitrogen and oxygen atoms in total. The quantitative estimate of drug-likeness (QED) is 0.421. The highest BCUT2D eigenvalue weighted by atomic mass is 16.5. The largest absolute Gasteiger partial charge is 0.469 e. The van der Waals surface area contributed by atoms with Gasteiger partial charge in [-0.15, -0.1) is 0 Å². The predicted molar refractivity (Wildman–Crippen MR) is 136 cm³/mol. The molecule has 0 bridgehead atoms. The molecule has 8 atom stereocenters.